The number of hydrogen-bond acceptors (Lipinski definition) is 3. The topological polar surface area (TPSA) is 46.6 Å². The fraction of sp³-hybridized carbons (Fsp3) is 0.467. The lowest BCUT2D eigenvalue weighted by atomic mass is 10.1. The van der Waals surface area contributed by atoms with Gasteiger partial charge in [-0.2, -0.15) is 0 Å². The summed E-state index contributed by atoms with van der Waals surface area (Å²) in [5.41, 5.74) is 1.48. The molecule has 1 unspecified atom stereocenters. The van der Waals surface area contributed by atoms with Gasteiger partial charge in [0.25, 0.3) is 5.91 Å². The summed E-state index contributed by atoms with van der Waals surface area (Å²) in [5, 5.41) is 0. The maximum absolute atomic E-state index is 12.1. The lowest BCUT2D eigenvalue weighted by molar-refractivity contribution is -0.136. The van der Waals surface area contributed by atoms with Crippen LogP contribution >= 0.6 is 0 Å². The van der Waals surface area contributed by atoms with Crippen molar-refractivity contribution in [1.29, 1.82) is 0 Å². The average Bonchev–Trinajstić information content (AvgIpc) is 2.93. The molecule has 0 bridgehead atoms. The number of rotatable bonds is 4. The first-order valence-electron chi connectivity index (χ1n) is 6.63. The normalized spacial score (nSPS) is 16.2. The number of ether oxygens (including phenoxy) is 1. The Bertz CT molecular complexity index is 478. The van der Waals surface area contributed by atoms with Crippen LogP contribution < -0.4 is 4.74 Å². The van der Waals surface area contributed by atoms with Crippen LogP contribution in [0.1, 0.15) is 35.7 Å². The van der Waals surface area contributed by atoms with Crippen molar-refractivity contribution in [3.8, 4) is 5.75 Å². The number of aldehydes is 1. The van der Waals surface area contributed by atoms with Gasteiger partial charge in [0.2, 0.25) is 0 Å². The first-order valence-corrected chi connectivity index (χ1v) is 6.63. The van der Waals surface area contributed by atoms with Crippen molar-refractivity contribution in [2.24, 2.45) is 0 Å². The van der Waals surface area contributed by atoms with E-state index in [1.54, 1.807) is 19.1 Å². The van der Waals surface area contributed by atoms with Crippen LogP contribution in [-0.2, 0) is 4.79 Å². The summed E-state index contributed by atoms with van der Waals surface area (Å²) in [6, 6.07) is 5.37. The van der Waals surface area contributed by atoms with E-state index in [-0.39, 0.29) is 5.91 Å². The predicted molar refractivity (Wildman–Crippen MR) is 72.5 cm³/mol. The van der Waals surface area contributed by atoms with Gasteiger partial charge in [-0.1, -0.05) is 11.6 Å². The second-order valence-electron chi connectivity index (χ2n) is 4.95. The SMILES string of the molecule is Cc1ccc(OC(C)C(=O)N2CCCC2)c(C=O)c1. The Morgan fingerprint density at radius 1 is 1.37 bits per heavy atom. The molecule has 19 heavy (non-hydrogen) atoms. The van der Waals surface area contributed by atoms with Crippen molar-refractivity contribution in [1.82, 2.24) is 4.90 Å². The summed E-state index contributed by atoms with van der Waals surface area (Å²) in [6.07, 6.45) is 2.32. The number of carbonyl (C=O) groups excluding carboxylic acids is 2. The van der Waals surface area contributed by atoms with E-state index in [1.165, 1.54) is 0 Å². The molecule has 1 amide bonds. The Morgan fingerprint density at radius 2 is 2.05 bits per heavy atom. The van der Waals surface area contributed by atoms with Gasteiger partial charge in [0.05, 0.1) is 5.56 Å². The third-order valence-corrected chi connectivity index (χ3v) is 3.36. The van der Waals surface area contributed by atoms with Crippen molar-refractivity contribution in [2.75, 3.05) is 13.1 Å². The molecule has 4 nitrogen and oxygen atoms in total. The maximum Gasteiger partial charge on any atom is 0.263 e. The van der Waals surface area contributed by atoms with E-state index in [2.05, 4.69) is 0 Å². The van der Waals surface area contributed by atoms with Gasteiger partial charge in [0, 0.05) is 13.1 Å². The minimum Gasteiger partial charge on any atom is -0.480 e. The van der Waals surface area contributed by atoms with Gasteiger partial charge in [0.1, 0.15) is 5.75 Å². The smallest absolute Gasteiger partial charge is 0.263 e. The Morgan fingerprint density at radius 3 is 2.68 bits per heavy atom. The van der Waals surface area contributed by atoms with Gasteiger partial charge >= 0.3 is 0 Å². The summed E-state index contributed by atoms with van der Waals surface area (Å²) >= 11 is 0. The number of hydrogen-bond donors (Lipinski definition) is 0. The highest BCUT2D eigenvalue weighted by molar-refractivity contribution is 5.83. The number of carbonyl (C=O) groups is 2. The molecule has 0 radical (unpaired) electrons. The molecule has 1 saturated heterocycles. The summed E-state index contributed by atoms with van der Waals surface area (Å²) in [6.45, 7) is 5.26. The van der Waals surface area contributed by atoms with Crippen LogP contribution in [0.2, 0.25) is 0 Å². The van der Waals surface area contributed by atoms with E-state index in [0.29, 0.717) is 11.3 Å². The minimum atomic E-state index is -0.556. The molecule has 1 heterocycles. The van der Waals surface area contributed by atoms with Crippen LogP contribution in [-0.4, -0.2) is 36.3 Å². The van der Waals surface area contributed by atoms with E-state index in [1.807, 2.05) is 17.9 Å². The quantitative estimate of drug-likeness (QED) is 0.781. The first-order chi connectivity index (χ1) is 9.11. The summed E-state index contributed by atoms with van der Waals surface area (Å²) < 4.78 is 5.64. The molecule has 1 aliphatic rings. The van der Waals surface area contributed by atoms with Crippen molar-refractivity contribution >= 4 is 12.2 Å². The molecular weight excluding hydrogens is 242 g/mol. The number of nitrogens with zero attached hydrogens (tertiary/aromatic N) is 1. The lowest BCUT2D eigenvalue weighted by Crippen LogP contribution is -2.38. The average molecular weight is 261 g/mol. The zero-order valence-corrected chi connectivity index (χ0v) is 11.4. The van der Waals surface area contributed by atoms with Crippen LogP contribution in [0.15, 0.2) is 18.2 Å². The molecule has 1 atom stereocenters. The van der Waals surface area contributed by atoms with E-state index in [9.17, 15) is 9.59 Å². The van der Waals surface area contributed by atoms with Crippen LogP contribution in [0.4, 0.5) is 0 Å². The monoisotopic (exact) mass is 261 g/mol. The molecule has 0 aromatic heterocycles. The highest BCUT2D eigenvalue weighted by Crippen LogP contribution is 2.20. The molecule has 0 spiro atoms. The summed E-state index contributed by atoms with van der Waals surface area (Å²) in [5.74, 6) is 0.468. The molecule has 102 valence electrons. The predicted octanol–water partition coefficient (Wildman–Crippen LogP) is 2.20. The molecule has 1 fully saturated rings. The number of likely N-dealkylation sites (tertiary alicyclic amines) is 1. The van der Waals surface area contributed by atoms with Crippen LogP contribution in [0, 0.1) is 6.92 Å². The number of benzene rings is 1. The highest BCUT2D eigenvalue weighted by atomic mass is 16.5. The molecule has 2 rings (SSSR count). The first kappa shape index (κ1) is 13.6. The number of amides is 1. The van der Waals surface area contributed by atoms with Gasteiger partial charge in [-0.3, -0.25) is 9.59 Å². The largest absolute Gasteiger partial charge is 0.480 e. The summed E-state index contributed by atoms with van der Waals surface area (Å²) in [4.78, 5) is 25.0. The zero-order chi connectivity index (χ0) is 13.8. The Balaban J connectivity index is 2.07. The number of aryl methyl sites for hydroxylation is 1. The molecular formula is C15H19NO3. The second-order valence-corrected chi connectivity index (χ2v) is 4.95. The standard InChI is InChI=1S/C15H19NO3/c1-11-5-6-14(13(9-11)10-17)19-12(2)15(18)16-7-3-4-8-16/h5-6,9-10,12H,3-4,7-8H2,1-2H3. The lowest BCUT2D eigenvalue weighted by Gasteiger charge is -2.21. The Kier molecular flexibility index (Phi) is 4.20. The van der Waals surface area contributed by atoms with Crippen molar-refractivity contribution in [2.45, 2.75) is 32.8 Å². The van der Waals surface area contributed by atoms with Crippen molar-refractivity contribution in [3.63, 3.8) is 0 Å². The Labute approximate surface area is 113 Å². The van der Waals surface area contributed by atoms with E-state index in [0.717, 1.165) is 37.8 Å². The van der Waals surface area contributed by atoms with Crippen molar-refractivity contribution < 1.29 is 14.3 Å². The maximum atomic E-state index is 12.1. The molecule has 0 saturated carbocycles. The fourth-order valence-electron chi connectivity index (χ4n) is 2.30. The van der Waals surface area contributed by atoms with E-state index < -0.39 is 6.10 Å². The van der Waals surface area contributed by atoms with Crippen LogP contribution in [0.5, 0.6) is 5.75 Å². The van der Waals surface area contributed by atoms with Gasteiger partial charge in [-0.15, -0.1) is 0 Å². The van der Waals surface area contributed by atoms with Gasteiger partial charge < -0.3 is 9.64 Å². The molecule has 1 aromatic rings. The third kappa shape index (κ3) is 3.13. The minimum absolute atomic E-state index is 0.00470. The Hall–Kier alpha value is -1.84. The van der Waals surface area contributed by atoms with Gasteiger partial charge in [-0.05, 0) is 38.8 Å². The van der Waals surface area contributed by atoms with Crippen LogP contribution in [0.25, 0.3) is 0 Å². The molecule has 1 aliphatic heterocycles. The third-order valence-electron chi connectivity index (χ3n) is 3.36. The molecule has 0 aliphatic carbocycles. The molecule has 1 aromatic carbocycles. The van der Waals surface area contributed by atoms with E-state index >= 15 is 0 Å². The molecule has 0 N–H and O–H groups in total. The summed E-state index contributed by atoms with van der Waals surface area (Å²) in [7, 11) is 0. The van der Waals surface area contributed by atoms with E-state index in [4.69, 9.17) is 4.74 Å². The van der Waals surface area contributed by atoms with Crippen LogP contribution in [0.3, 0.4) is 0 Å². The van der Waals surface area contributed by atoms with Gasteiger partial charge in [-0.25, -0.2) is 0 Å². The second kappa shape index (κ2) is 5.87. The van der Waals surface area contributed by atoms with Gasteiger partial charge in [0.15, 0.2) is 12.4 Å². The fourth-order valence-corrected chi connectivity index (χ4v) is 2.30. The molecule has 4 heteroatoms. The van der Waals surface area contributed by atoms with Crippen molar-refractivity contribution in [3.05, 3.63) is 29.3 Å². The zero-order valence-electron chi connectivity index (χ0n) is 11.4. The highest BCUT2D eigenvalue weighted by Gasteiger charge is 2.24.